The van der Waals surface area contributed by atoms with E-state index in [2.05, 4.69) is 42.2 Å². The molecule has 0 aliphatic rings. The maximum atomic E-state index is 4.24. The van der Waals surface area contributed by atoms with Gasteiger partial charge in [-0.3, -0.25) is 4.98 Å². The Morgan fingerprint density at radius 1 is 1.54 bits per heavy atom. The van der Waals surface area contributed by atoms with Gasteiger partial charge in [-0.15, -0.1) is 0 Å². The molecular formula is C9H10Br2N2. The predicted octanol–water partition coefficient (Wildman–Crippen LogP) is 2.84. The average molecular weight is 306 g/mol. The van der Waals surface area contributed by atoms with E-state index in [4.69, 9.17) is 0 Å². The third-order valence-electron chi connectivity index (χ3n) is 1.43. The van der Waals surface area contributed by atoms with Crippen molar-refractivity contribution in [3.05, 3.63) is 33.0 Å². The molecule has 0 aromatic carbocycles. The van der Waals surface area contributed by atoms with Gasteiger partial charge < -0.3 is 5.32 Å². The summed E-state index contributed by atoms with van der Waals surface area (Å²) in [5, 5.41) is 3.03. The molecule has 1 aromatic rings. The van der Waals surface area contributed by atoms with Crippen molar-refractivity contribution in [2.75, 3.05) is 13.6 Å². The molecule has 0 spiro atoms. The van der Waals surface area contributed by atoms with Crippen LogP contribution in [0, 0.1) is 0 Å². The largest absolute Gasteiger partial charge is 0.316 e. The Hall–Kier alpha value is -0.190. The van der Waals surface area contributed by atoms with Crippen LogP contribution < -0.4 is 5.32 Å². The monoisotopic (exact) mass is 304 g/mol. The summed E-state index contributed by atoms with van der Waals surface area (Å²) in [6.45, 7) is 0.851. The zero-order valence-electron chi connectivity index (χ0n) is 7.22. The Morgan fingerprint density at radius 2 is 2.31 bits per heavy atom. The van der Waals surface area contributed by atoms with E-state index in [0.29, 0.717) is 0 Å². The van der Waals surface area contributed by atoms with Gasteiger partial charge in [-0.2, -0.15) is 0 Å². The fraction of sp³-hybridized carbons (Fsp3) is 0.222. The average Bonchev–Trinajstić information content (AvgIpc) is 2.09. The van der Waals surface area contributed by atoms with Gasteiger partial charge in [0.15, 0.2) is 0 Å². The molecule has 0 aliphatic heterocycles. The Labute approximate surface area is 94.7 Å². The number of hydrogen-bond acceptors (Lipinski definition) is 2. The molecule has 70 valence electrons. The fourth-order valence-corrected chi connectivity index (χ4v) is 1.96. The molecule has 0 aliphatic carbocycles. The third-order valence-corrected chi connectivity index (χ3v) is 2.50. The minimum Gasteiger partial charge on any atom is -0.316 e. The van der Waals surface area contributed by atoms with Crippen molar-refractivity contribution < 1.29 is 0 Å². The van der Waals surface area contributed by atoms with Gasteiger partial charge >= 0.3 is 0 Å². The van der Waals surface area contributed by atoms with Crippen LogP contribution in [-0.4, -0.2) is 18.6 Å². The van der Waals surface area contributed by atoms with E-state index in [1.807, 2.05) is 25.3 Å². The van der Waals surface area contributed by atoms with Gasteiger partial charge in [0.1, 0.15) is 0 Å². The predicted molar refractivity (Wildman–Crippen MR) is 62.6 cm³/mol. The van der Waals surface area contributed by atoms with E-state index in [0.717, 1.165) is 21.2 Å². The maximum Gasteiger partial charge on any atom is 0.0769 e. The van der Waals surface area contributed by atoms with Crippen LogP contribution in [0.1, 0.15) is 5.69 Å². The van der Waals surface area contributed by atoms with Crippen molar-refractivity contribution >= 4 is 37.9 Å². The fourth-order valence-electron chi connectivity index (χ4n) is 0.836. The molecule has 0 fully saturated rings. The standard InChI is InChI=1S/C9H10Br2N2/c1-12-4-2-3-9-8(11)5-7(10)6-13-9/h2-3,5-6,12H,4H2,1H3/b3-2+. The van der Waals surface area contributed by atoms with Gasteiger partial charge in [0.2, 0.25) is 0 Å². The van der Waals surface area contributed by atoms with Gasteiger partial charge in [-0.25, -0.2) is 0 Å². The summed E-state index contributed by atoms with van der Waals surface area (Å²) < 4.78 is 1.97. The lowest BCUT2D eigenvalue weighted by Gasteiger charge is -1.97. The molecule has 2 nitrogen and oxygen atoms in total. The molecule has 0 atom stereocenters. The number of halogens is 2. The Bertz CT molecular complexity index is 310. The zero-order chi connectivity index (χ0) is 9.68. The van der Waals surface area contributed by atoms with E-state index in [9.17, 15) is 0 Å². The minimum absolute atomic E-state index is 0.851. The highest BCUT2D eigenvalue weighted by atomic mass is 79.9. The normalized spacial score (nSPS) is 11.0. The smallest absolute Gasteiger partial charge is 0.0769 e. The molecule has 13 heavy (non-hydrogen) atoms. The van der Waals surface area contributed by atoms with Gasteiger partial charge in [0.05, 0.1) is 5.69 Å². The lowest BCUT2D eigenvalue weighted by molar-refractivity contribution is 0.922. The molecule has 1 N–H and O–H groups in total. The van der Waals surface area contributed by atoms with E-state index in [1.54, 1.807) is 6.20 Å². The van der Waals surface area contributed by atoms with Crippen molar-refractivity contribution in [3.8, 4) is 0 Å². The van der Waals surface area contributed by atoms with Crippen LogP contribution in [0.15, 0.2) is 27.3 Å². The molecule has 0 unspecified atom stereocenters. The molecule has 0 amide bonds. The van der Waals surface area contributed by atoms with Crippen molar-refractivity contribution in [2.24, 2.45) is 0 Å². The Kier molecular flexibility index (Phi) is 4.62. The van der Waals surface area contributed by atoms with Crippen molar-refractivity contribution in [1.29, 1.82) is 0 Å². The molecule has 0 bridgehead atoms. The number of pyridine rings is 1. The SMILES string of the molecule is CNC/C=C/c1ncc(Br)cc1Br. The summed E-state index contributed by atoms with van der Waals surface area (Å²) in [5.74, 6) is 0. The summed E-state index contributed by atoms with van der Waals surface area (Å²) in [7, 11) is 1.91. The Balaban J connectivity index is 2.77. The van der Waals surface area contributed by atoms with Crippen molar-refractivity contribution in [2.45, 2.75) is 0 Å². The van der Waals surface area contributed by atoms with Gasteiger partial charge in [-0.05, 0) is 51.0 Å². The number of hydrogen-bond donors (Lipinski definition) is 1. The first-order valence-corrected chi connectivity index (χ1v) is 5.45. The van der Waals surface area contributed by atoms with Crippen LogP contribution in [0.2, 0.25) is 0 Å². The Morgan fingerprint density at radius 3 is 2.92 bits per heavy atom. The summed E-state index contributed by atoms with van der Waals surface area (Å²) in [4.78, 5) is 4.24. The third kappa shape index (κ3) is 3.58. The number of nitrogens with one attached hydrogen (secondary N) is 1. The summed E-state index contributed by atoms with van der Waals surface area (Å²) in [6.07, 6.45) is 5.79. The zero-order valence-corrected chi connectivity index (χ0v) is 10.4. The molecule has 1 rings (SSSR count). The minimum atomic E-state index is 0.851. The van der Waals surface area contributed by atoms with E-state index in [1.165, 1.54) is 0 Å². The van der Waals surface area contributed by atoms with E-state index < -0.39 is 0 Å². The van der Waals surface area contributed by atoms with E-state index in [-0.39, 0.29) is 0 Å². The molecule has 1 aromatic heterocycles. The van der Waals surface area contributed by atoms with Crippen LogP contribution in [-0.2, 0) is 0 Å². The summed E-state index contributed by atoms with van der Waals surface area (Å²) in [5.41, 5.74) is 0.943. The topological polar surface area (TPSA) is 24.9 Å². The van der Waals surface area contributed by atoms with Gasteiger partial charge in [0, 0.05) is 21.7 Å². The van der Waals surface area contributed by atoms with Crippen LogP contribution in [0.5, 0.6) is 0 Å². The van der Waals surface area contributed by atoms with Gasteiger partial charge in [-0.1, -0.05) is 6.08 Å². The quantitative estimate of drug-likeness (QED) is 0.929. The molecule has 0 saturated heterocycles. The highest BCUT2D eigenvalue weighted by molar-refractivity contribution is 9.11. The second kappa shape index (κ2) is 5.52. The van der Waals surface area contributed by atoms with Crippen LogP contribution in [0.4, 0.5) is 0 Å². The molecule has 0 saturated carbocycles. The van der Waals surface area contributed by atoms with Crippen LogP contribution in [0.3, 0.4) is 0 Å². The first kappa shape index (κ1) is 10.9. The molecule has 1 heterocycles. The molecule has 4 heteroatoms. The number of nitrogens with zero attached hydrogens (tertiary/aromatic N) is 1. The second-order valence-corrected chi connectivity index (χ2v) is 4.25. The summed E-state index contributed by atoms with van der Waals surface area (Å²) in [6, 6.07) is 1.98. The number of likely N-dealkylation sites (N-methyl/N-ethyl adjacent to an activating group) is 1. The first-order chi connectivity index (χ1) is 6.24. The first-order valence-electron chi connectivity index (χ1n) is 3.86. The lowest BCUT2D eigenvalue weighted by atomic mass is 10.3. The van der Waals surface area contributed by atoms with Crippen LogP contribution >= 0.6 is 31.9 Å². The number of rotatable bonds is 3. The number of aromatic nitrogens is 1. The van der Waals surface area contributed by atoms with Gasteiger partial charge in [0.25, 0.3) is 0 Å². The maximum absolute atomic E-state index is 4.24. The van der Waals surface area contributed by atoms with E-state index >= 15 is 0 Å². The highest BCUT2D eigenvalue weighted by Gasteiger charge is 1.97. The van der Waals surface area contributed by atoms with Crippen molar-refractivity contribution in [3.63, 3.8) is 0 Å². The molecular weight excluding hydrogens is 296 g/mol. The van der Waals surface area contributed by atoms with Crippen LogP contribution in [0.25, 0.3) is 6.08 Å². The lowest BCUT2D eigenvalue weighted by Crippen LogP contribution is -2.03. The highest BCUT2D eigenvalue weighted by Crippen LogP contribution is 2.20. The van der Waals surface area contributed by atoms with Crippen molar-refractivity contribution in [1.82, 2.24) is 10.3 Å². The molecule has 0 radical (unpaired) electrons. The summed E-state index contributed by atoms with van der Waals surface area (Å²) >= 11 is 6.78. The second-order valence-electron chi connectivity index (χ2n) is 2.48.